The van der Waals surface area contributed by atoms with Crippen molar-refractivity contribution in [1.29, 1.82) is 0 Å². The van der Waals surface area contributed by atoms with Gasteiger partial charge in [-0.1, -0.05) is 71.1 Å². The molecule has 38 heavy (non-hydrogen) atoms. The van der Waals surface area contributed by atoms with Crippen LogP contribution in [0.5, 0.6) is 5.75 Å². The number of benzene rings is 3. The van der Waals surface area contributed by atoms with Crippen molar-refractivity contribution in [1.82, 2.24) is 9.66 Å². The van der Waals surface area contributed by atoms with Crippen molar-refractivity contribution in [2.45, 2.75) is 51.6 Å². The second-order valence-electron chi connectivity index (χ2n) is 9.56. The molecule has 1 heterocycles. The maximum absolute atomic E-state index is 13.6. The SMILES string of the molecule is Cc1cccc(COc2c(C=Nn3c(C4CCCCC4)nc4ccc(Br)cc4c3=O)cccc2[N+](=O)[O-])c1. The second-order valence-corrected chi connectivity index (χ2v) is 10.5. The summed E-state index contributed by atoms with van der Waals surface area (Å²) in [6.07, 6.45) is 6.64. The second kappa shape index (κ2) is 11.3. The van der Waals surface area contributed by atoms with Crippen LogP contribution >= 0.6 is 15.9 Å². The fraction of sp³-hybridized carbons (Fsp3) is 0.276. The predicted octanol–water partition coefficient (Wildman–Crippen LogP) is 6.88. The van der Waals surface area contributed by atoms with Gasteiger partial charge >= 0.3 is 5.69 Å². The van der Waals surface area contributed by atoms with Gasteiger partial charge in [0, 0.05) is 22.0 Å². The minimum Gasteiger partial charge on any atom is -0.481 e. The summed E-state index contributed by atoms with van der Waals surface area (Å²) in [5, 5.41) is 16.8. The number of para-hydroxylation sites is 1. The summed E-state index contributed by atoms with van der Waals surface area (Å²) < 4.78 is 8.11. The molecule has 1 saturated carbocycles. The number of nitro benzene ring substituents is 1. The van der Waals surface area contributed by atoms with Crippen LogP contribution in [0.1, 0.15) is 60.5 Å². The smallest absolute Gasteiger partial charge is 0.311 e. The van der Waals surface area contributed by atoms with Crippen molar-refractivity contribution in [3.05, 3.63) is 108 Å². The zero-order valence-corrected chi connectivity index (χ0v) is 22.6. The fourth-order valence-electron chi connectivity index (χ4n) is 4.92. The van der Waals surface area contributed by atoms with E-state index in [0.29, 0.717) is 22.3 Å². The molecule has 0 amide bonds. The Morgan fingerprint density at radius 1 is 1.13 bits per heavy atom. The third-order valence-electron chi connectivity index (χ3n) is 6.80. The van der Waals surface area contributed by atoms with Crippen LogP contribution < -0.4 is 10.3 Å². The van der Waals surface area contributed by atoms with Crippen LogP contribution in [-0.2, 0) is 6.61 Å². The molecule has 4 aromatic rings. The summed E-state index contributed by atoms with van der Waals surface area (Å²) in [6.45, 7) is 2.14. The molecule has 0 bridgehead atoms. The summed E-state index contributed by atoms with van der Waals surface area (Å²) in [5.74, 6) is 0.837. The Labute approximate surface area is 228 Å². The normalized spacial score (nSPS) is 14.3. The monoisotopic (exact) mass is 574 g/mol. The first kappa shape index (κ1) is 25.8. The minimum absolute atomic E-state index is 0.103. The van der Waals surface area contributed by atoms with Crippen LogP contribution in [0.3, 0.4) is 0 Å². The molecular weight excluding hydrogens is 548 g/mol. The van der Waals surface area contributed by atoms with E-state index >= 15 is 0 Å². The Morgan fingerprint density at radius 3 is 2.68 bits per heavy atom. The lowest BCUT2D eigenvalue weighted by Crippen LogP contribution is -2.25. The lowest BCUT2D eigenvalue weighted by molar-refractivity contribution is -0.385. The highest BCUT2D eigenvalue weighted by Crippen LogP contribution is 2.33. The fourth-order valence-corrected chi connectivity index (χ4v) is 5.29. The Bertz CT molecular complexity index is 1590. The van der Waals surface area contributed by atoms with E-state index < -0.39 is 4.92 Å². The van der Waals surface area contributed by atoms with Gasteiger partial charge in [-0.25, -0.2) is 4.98 Å². The Kier molecular flexibility index (Phi) is 7.64. The molecule has 0 spiro atoms. The van der Waals surface area contributed by atoms with E-state index in [1.165, 1.54) is 23.4 Å². The van der Waals surface area contributed by atoms with E-state index in [9.17, 15) is 14.9 Å². The van der Waals surface area contributed by atoms with Gasteiger partial charge < -0.3 is 4.74 Å². The van der Waals surface area contributed by atoms with E-state index in [4.69, 9.17) is 9.72 Å². The lowest BCUT2D eigenvalue weighted by Gasteiger charge is -2.22. The zero-order chi connectivity index (χ0) is 26.6. The van der Waals surface area contributed by atoms with Gasteiger partial charge in [0.05, 0.1) is 22.0 Å². The number of nitrogens with zero attached hydrogens (tertiary/aromatic N) is 4. The molecule has 0 atom stereocenters. The number of aromatic nitrogens is 2. The van der Waals surface area contributed by atoms with E-state index in [1.54, 1.807) is 18.2 Å². The first-order valence-electron chi connectivity index (χ1n) is 12.6. The van der Waals surface area contributed by atoms with Crippen molar-refractivity contribution in [2.75, 3.05) is 0 Å². The van der Waals surface area contributed by atoms with Gasteiger partial charge in [0.25, 0.3) is 5.56 Å². The van der Waals surface area contributed by atoms with Crippen LogP contribution in [0, 0.1) is 17.0 Å². The number of hydrogen-bond acceptors (Lipinski definition) is 6. The van der Waals surface area contributed by atoms with E-state index in [0.717, 1.165) is 41.3 Å². The highest BCUT2D eigenvalue weighted by molar-refractivity contribution is 9.10. The molecule has 1 aliphatic rings. The predicted molar refractivity (Wildman–Crippen MR) is 151 cm³/mol. The Morgan fingerprint density at radius 2 is 1.92 bits per heavy atom. The molecule has 1 aliphatic carbocycles. The molecular formula is C29H27BrN4O4. The first-order valence-corrected chi connectivity index (χ1v) is 13.4. The number of rotatable bonds is 7. The van der Waals surface area contributed by atoms with E-state index in [1.807, 2.05) is 43.3 Å². The number of nitro groups is 1. The third kappa shape index (κ3) is 5.52. The first-order chi connectivity index (χ1) is 18.4. The number of aryl methyl sites for hydroxylation is 1. The van der Waals surface area contributed by atoms with Crippen molar-refractivity contribution in [2.24, 2.45) is 5.10 Å². The van der Waals surface area contributed by atoms with Crippen LogP contribution in [0.15, 0.2) is 75.0 Å². The molecule has 8 nitrogen and oxygen atoms in total. The van der Waals surface area contributed by atoms with Crippen LogP contribution in [0.4, 0.5) is 5.69 Å². The average molecular weight is 575 g/mol. The molecule has 0 aliphatic heterocycles. The maximum Gasteiger partial charge on any atom is 0.311 e. The van der Waals surface area contributed by atoms with Crippen molar-refractivity contribution in [3.8, 4) is 5.75 Å². The number of halogens is 1. The highest BCUT2D eigenvalue weighted by atomic mass is 79.9. The molecule has 5 rings (SSSR count). The molecule has 1 aromatic heterocycles. The average Bonchev–Trinajstić information content (AvgIpc) is 2.92. The zero-order valence-electron chi connectivity index (χ0n) is 21.0. The summed E-state index contributed by atoms with van der Waals surface area (Å²) >= 11 is 3.44. The summed E-state index contributed by atoms with van der Waals surface area (Å²) in [7, 11) is 0. The van der Waals surface area contributed by atoms with Crippen LogP contribution in [-0.4, -0.2) is 20.8 Å². The minimum atomic E-state index is -0.475. The third-order valence-corrected chi connectivity index (χ3v) is 7.30. The van der Waals surface area contributed by atoms with Gasteiger partial charge in [-0.3, -0.25) is 14.9 Å². The summed E-state index contributed by atoms with van der Waals surface area (Å²) in [5.41, 5.74) is 2.56. The van der Waals surface area contributed by atoms with E-state index in [-0.39, 0.29) is 29.5 Å². The molecule has 1 fully saturated rings. The van der Waals surface area contributed by atoms with Crippen LogP contribution in [0.25, 0.3) is 10.9 Å². The molecule has 0 unspecified atom stereocenters. The van der Waals surface area contributed by atoms with Crippen molar-refractivity contribution in [3.63, 3.8) is 0 Å². The number of fused-ring (bicyclic) bond motifs is 1. The van der Waals surface area contributed by atoms with Crippen molar-refractivity contribution < 1.29 is 9.66 Å². The molecule has 0 N–H and O–H groups in total. The van der Waals surface area contributed by atoms with E-state index in [2.05, 4.69) is 21.0 Å². The van der Waals surface area contributed by atoms with Gasteiger partial charge in [-0.05, 0) is 49.6 Å². The van der Waals surface area contributed by atoms with Crippen LogP contribution in [0.2, 0.25) is 0 Å². The quantitative estimate of drug-likeness (QED) is 0.136. The van der Waals surface area contributed by atoms with Gasteiger partial charge in [-0.2, -0.15) is 9.78 Å². The van der Waals surface area contributed by atoms with Gasteiger partial charge in [0.2, 0.25) is 5.75 Å². The van der Waals surface area contributed by atoms with Gasteiger partial charge in [-0.15, -0.1) is 0 Å². The molecule has 0 radical (unpaired) electrons. The molecule has 194 valence electrons. The largest absolute Gasteiger partial charge is 0.481 e. The topological polar surface area (TPSA) is 99.6 Å². The van der Waals surface area contributed by atoms with Gasteiger partial charge in [0.15, 0.2) is 0 Å². The molecule has 0 saturated heterocycles. The molecule has 9 heteroatoms. The summed E-state index contributed by atoms with van der Waals surface area (Å²) in [6, 6.07) is 17.9. The summed E-state index contributed by atoms with van der Waals surface area (Å²) in [4.78, 5) is 29.8. The molecule has 3 aromatic carbocycles. The number of ether oxygens (including phenoxy) is 1. The van der Waals surface area contributed by atoms with Crippen molar-refractivity contribution >= 4 is 38.7 Å². The van der Waals surface area contributed by atoms with Gasteiger partial charge in [0.1, 0.15) is 12.4 Å². The standard InChI is InChI=1S/C29H27BrN4O4/c1-19-7-5-8-20(15-19)18-38-27-22(11-6-12-26(27)34(36)37)17-31-33-28(21-9-3-2-4-10-21)32-25-14-13-23(30)16-24(25)29(33)35/h5-8,11-17,21H,2-4,9-10,18H2,1H3. The Hall–Kier alpha value is -3.85. The Balaban J connectivity index is 1.58. The highest BCUT2D eigenvalue weighted by Gasteiger charge is 2.23. The lowest BCUT2D eigenvalue weighted by atomic mass is 9.88. The number of hydrogen-bond donors (Lipinski definition) is 0. The maximum atomic E-state index is 13.6.